The molecule has 1 N–H and O–H groups in total. The van der Waals surface area contributed by atoms with Gasteiger partial charge in [0, 0.05) is 51.1 Å². The zero-order valence-electron chi connectivity index (χ0n) is 13.8. The minimum atomic E-state index is -0.246. The van der Waals surface area contributed by atoms with Gasteiger partial charge in [-0.3, -0.25) is 9.69 Å². The number of thioether (sulfide) groups is 1. The number of methoxy groups -OCH3 is 1. The van der Waals surface area contributed by atoms with Gasteiger partial charge in [0.25, 0.3) is 0 Å². The monoisotopic (exact) mass is 400 g/mol. The number of hydrogen-bond donors (Lipinski definition) is 1. The van der Waals surface area contributed by atoms with Crippen LogP contribution in [0.1, 0.15) is 6.42 Å². The van der Waals surface area contributed by atoms with Crippen molar-refractivity contribution in [2.75, 3.05) is 58.0 Å². The molecule has 3 aliphatic heterocycles. The van der Waals surface area contributed by atoms with Crippen molar-refractivity contribution in [1.82, 2.24) is 20.0 Å². The molecule has 0 radical (unpaired) electrons. The number of nitrogens with one attached hydrogen (secondary N) is 1. The van der Waals surface area contributed by atoms with Crippen LogP contribution >= 0.6 is 36.6 Å². The summed E-state index contributed by atoms with van der Waals surface area (Å²) in [6, 6.07) is 0.353. The van der Waals surface area contributed by atoms with E-state index in [2.05, 4.69) is 10.2 Å². The fourth-order valence-corrected chi connectivity index (χ4v) is 4.35. The van der Waals surface area contributed by atoms with E-state index in [4.69, 9.17) is 4.74 Å². The number of hydrogen-bond acceptors (Lipinski definition) is 6. The molecule has 3 aliphatic rings. The number of piperazine rings is 1. The number of halogens is 2. The normalized spacial score (nSPS) is 27.4. The topological polar surface area (TPSA) is 65.1 Å². The highest BCUT2D eigenvalue weighted by Crippen LogP contribution is 2.20. The highest BCUT2D eigenvalue weighted by Gasteiger charge is 2.37. The molecule has 10 heteroatoms. The lowest BCUT2D eigenvalue weighted by molar-refractivity contribution is -0.131. The van der Waals surface area contributed by atoms with Crippen molar-refractivity contribution < 1.29 is 14.3 Å². The van der Waals surface area contributed by atoms with Crippen LogP contribution in [0.4, 0.5) is 4.79 Å². The Labute approximate surface area is 159 Å². The molecule has 0 aromatic carbocycles. The summed E-state index contributed by atoms with van der Waals surface area (Å²) in [5.41, 5.74) is 0. The predicted octanol–water partition coefficient (Wildman–Crippen LogP) is 0.477. The standard InChI is InChI=1S/C14H24N4O3S.2ClH/c1-21-14(20)17-4-2-16(3-5-17)11-8-12(15-9-11)13(19)18-6-7-22-10-18;;/h11-12,15H,2-10H2,1H3;2*1H/t11-,12-;;/m0../s1. The molecule has 0 aromatic rings. The molecule has 0 saturated carbocycles. The van der Waals surface area contributed by atoms with Crippen molar-refractivity contribution in [3.8, 4) is 0 Å². The van der Waals surface area contributed by atoms with Gasteiger partial charge in [0.2, 0.25) is 5.91 Å². The van der Waals surface area contributed by atoms with Crippen LogP contribution in [0.25, 0.3) is 0 Å². The van der Waals surface area contributed by atoms with Gasteiger partial charge in [-0.1, -0.05) is 0 Å². The van der Waals surface area contributed by atoms with Crippen molar-refractivity contribution in [2.45, 2.75) is 18.5 Å². The zero-order valence-corrected chi connectivity index (χ0v) is 16.3. The molecule has 0 aliphatic carbocycles. The average molecular weight is 401 g/mol. The average Bonchev–Trinajstić information content (AvgIpc) is 3.25. The van der Waals surface area contributed by atoms with Crippen LogP contribution in [0.3, 0.4) is 0 Å². The Kier molecular flexibility index (Phi) is 8.94. The molecule has 2 atom stereocenters. The molecule has 3 rings (SSSR count). The zero-order chi connectivity index (χ0) is 15.5. The number of rotatable bonds is 2. The van der Waals surface area contributed by atoms with E-state index in [1.54, 1.807) is 4.90 Å². The molecule has 3 fully saturated rings. The van der Waals surface area contributed by atoms with Crippen LogP contribution in [0.15, 0.2) is 0 Å². The molecule has 0 unspecified atom stereocenters. The van der Waals surface area contributed by atoms with Gasteiger partial charge >= 0.3 is 6.09 Å². The number of carbonyl (C=O) groups is 2. The van der Waals surface area contributed by atoms with E-state index in [1.807, 2.05) is 16.7 Å². The van der Waals surface area contributed by atoms with Crippen LogP contribution in [-0.2, 0) is 9.53 Å². The van der Waals surface area contributed by atoms with E-state index in [0.717, 1.165) is 44.2 Å². The summed E-state index contributed by atoms with van der Waals surface area (Å²) >= 11 is 1.82. The van der Waals surface area contributed by atoms with Crippen LogP contribution in [0.2, 0.25) is 0 Å². The first-order valence-corrected chi connectivity index (χ1v) is 9.01. The third-order valence-corrected chi connectivity index (χ3v) is 5.70. The Bertz CT molecular complexity index is 432. The highest BCUT2D eigenvalue weighted by molar-refractivity contribution is 7.99. The van der Waals surface area contributed by atoms with Crippen molar-refractivity contribution >= 4 is 48.6 Å². The van der Waals surface area contributed by atoms with E-state index in [9.17, 15) is 9.59 Å². The van der Waals surface area contributed by atoms with E-state index in [-0.39, 0.29) is 42.9 Å². The Balaban J connectivity index is 0.00000144. The molecule has 0 aromatic heterocycles. The predicted molar refractivity (Wildman–Crippen MR) is 99.3 cm³/mol. The molecular weight excluding hydrogens is 375 g/mol. The lowest BCUT2D eigenvalue weighted by Gasteiger charge is -2.37. The minimum Gasteiger partial charge on any atom is -0.453 e. The second-order valence-corrected chi connectivity index (χ2v) is 7.06. The maximum atomic E-state index is 12.4. The Morgan fingerprint density at radius 3 is 2.38 bits per heavy atom. The summed E-state index contributed by atoms with van der Waals surface area (Å²) in [6.45, 7) is 4.83. The fourth-order valence-electron chi connectivity index (χ4n) is 3.39. The second-order valence-electron chi connectivity index (χ2n) is 5.98. The summed E-state index contributed by atoms with van der Waals surface area (Å²) in [7, 11) is 1.42. The largest absolute Gasteiger partial charge is 0.453 e. The molecule has 140 valence electrons. The lowest BCUT2D eigenvalue weighted by atomic mass is 10.1. The Morgan fingerprint density at radius 1 is 1.08 bits per heavy atom. The van der Waals surface area contributed by atoms with Gasteiger partial charge < -0.3 is 19.9 Å². The number of amides is 2. The van der Waals surface area contributed by atoms with Crippen molar-refractivity contribution in [2.24, 2.45) is 0 Å². The van der Waals surface area contributed by atoms with Gasteiger partial charge in [-0.05, 0) is 6.42 Å². The lowest BCUT2D eigenvalue weighted by Crippen LogP contribution is -2.52. The number of ether oxygens (including phenoxy) is 1. The van der Waals surface area contributed by atoms with Crippen molar-refractivity contribution in [3.63, 3.8) is 0 Å². The summed E-state index contributed by atoms with van der Waals surface area (Å²) in [5.74, 6) is 2.14. The van der Waals surface area contributed by atoms with Gasteiger partial charge in [-0.15, -0.1) is 36.6 Å². The van der Waals surface area contributed by atoms with Gasteiger partial charge in [-0.25, -0.2) is 4.79 Å². The van der Waals surface area contributed by atoms with E-state index in [1.165, 1.54) is 7.11 Å². The van der Waals surface area contributed by atoms with Crippen molar-refractivity contribution in [3.05, 3.63) is 0 Å². The molecule has 2 amide bonds. The first kappa shape index (κ1) is 21.6. The molecule has 0 spiro atoms. The van der Waals surface area contributed by atoms with E-state index in [0.29, 0.717) is 19.1 Å². The van der Waals surface area contributed by atoms with Crippen LogP contribution in [0, 0.1) is 0 Å². The highest BCUT2D eigenvalue weighted by atomic mass is 35.5. The summed E-state index contributed by atoms with van der Waals surface area (Å²) in [5, 5.41) is 3.38. The number of carbonyl (C=O) groups excluding carboxylic acids is 2. The molecule has 0 bridgehead atoms. The van der Waals surface area contributed by atoms with Gasteiger partial charge in [0.15, 0.2) is 0 Å². The maximum absolute atomic E-state index is 12.4. The van der Waals surface area contributed by atoms with Gasteiger partial charge in [0.05, 0.1) is 19.0 Å². The summed E-state index contributed by atoms with van der Waals surface area (Å²) < 4.78 is 4.76. The second kappa shape index (κ2) is 9.91. The molecule has 24 heavy (non-hydrogen) atoms. The maximum Gasteiger partial charge on any atom is 0.409 e. The third-order valence-electron chi connectivity index (χ3n) is 4.73. The summed E-state index contributed by atoms with van der Waals surface area (Å²) in [6.07, 6.45) is 0.627. The Hall–Kier alpha value is -0.410. The summed E-state index contributed by atoms with van der Waals surface area (Å²) in [4.78, 5) is 30.0. The Morgan fingerprint density at radius 2 is 1.79 bits per heavy atom. The van der Waals surface area contributed by atoms with Crippen LogP contribution in [0.5, 0.6) is 0 Å². The van der Waals surface area contributed by atoms with Crippen molar-refractivity contribution in [1.29, 1.82) is 0 Å². The van der Waals surface area contributed by atoms with E-state index >= 15 is 0 Å². The minimum absolute atomic E-state index is 0. The fraction of sp³-hybridized carbons (Fsp3) is 0.857. The molecular formula is C14H26Cl2N4O3S. The van der Waals surface area contributed by atoms with Gasteiger partial charge in [0.1, 0.15) is 0 Å². The number of nitrogens with zero attached hydrogens (tertiary/aromatic N) is 3. The molecule has 3 heterocycles. The molecule has 7 nitrogen and oxygen atoms in total. The first-order chi connectivity index (χ1) is 10.7. The molecule has 3 saturated heterocycles. The third kappa shape index (κ3) is 4.82. The van der Waals surface area contributed by atoms with Crippen LogP contribution in [-0.4, -0.2) is 96.8 Å². The van der Waals surface area contributed by atoms with Crippen LogP contribution < -0.4 is 5.32 Å². The van der Waals surface area contributed by atoms with E-state index < -0.39 is 0 Å². The quantitative estimate of drug-likeness (QED) is 0.726. The van der Waals surface area contributed by atoms with Gasteiger partial charge in [-0.2, -0.15) is 0 Å². The smallest absolute Gasteiger partial charge is 0.409 e. The SMILES string of the molecule is COC(=O)N1CCN([C@@H]2CN[C@H](C(=O)N3CCSC3)C2)CC1.Cl.Cl. The first-order valence-electron chi connectivity index (χ1n) is 7.86.